The fourth-order valence-electron chi connectivity index (χ4n) is 2.12. The van der Waals surface area contributed by atoms with E-state index in [0.29, 0.717) is 12.3 Å². The number of hydrogen-bond acceptors (Lipinski definition) is 3. The molecule has 0 fully saturated rings. The standard InChI is InChI=1S/C13H26O4/c1-11(5-3-8-14)4-2-6-12(7-9-15)10-13(16)17/h11-12,14-15H,2-10H2,1H3,(H,16,17). The SMILES string of the molecule is CC(CCCO)CCCC(CCO)CC(=O)O. The summed E-state index contributed by atoms with van der Waals surface area (Å²) in [5, 5.41) is 26.3. The van der Waals surface area contributed by atoms with Gasteiger partial charge in [0.2, 0.25) is 0 Å². The molecule has 17 heavy (non-hydrogen) atoms. The van der Waals surface area contributed by atoms with Crippen LogP contribution in [0.2, 0.25) is 0 Å². The van der Waals surface area contributed by atoms with Crippen LogP contribution in [0.5, 0.6) is 0 Å². The number of carboxylic acid groups (broad SMARTS) is 1. The molecule has 0 saturated carbocycles. The molecule has 0 aliphatic rings. The number of aliphatic carboxylic acids is 1. The molecule has 0 aliphatic carbocycles. The summed E-state index contributed by atoms with van der Waals surface area (Å²) in [6, 6.07) is 0. The topological polar surface area (TPSA) is 77.8 Å². The highest BCUT2D eigenvalue weighted by molar-refractivity contribution is 5.66. The molecule has 0 saturated heterocycles. The van der Waals surface area contributed by atoms with Gasteiger partial charge in [-0.1, -0.05) is 19.8 Å². The number of aliphatic hydroxyl groups is 2. The summed E-state index contributed by atoms with van der Waals surface area (Å²) in [4.78, 5) is 10.6. The third kappa shape index (κ3) is 10.3. The Bertz CT molecular complexity index is 194. The van der Waals surface area contributed by atoms with Crippen molar-refractivity contribution >= 4 is 5.97 Å². The Labute approximate surface area is 104 Å². The minimum Gasteiger partial charge on any atom is -0.481 e. The van der Waals surface area contributed by atoms with Gasteiger partial charge in [0.15, 0.2) is 0 Å². The number of aliphatic hydroxyl groups excluding tert-OH is 2. The molecule has 102 valence electrons. The van der Waals surface area contributed by atoms with Crippen molar-refractivity contribution in [2.75, 3.05) is 13.2 Å². The van der Waals surface area contributed by atoms with Gasteiger partial charge in [0.1, 0.15) is 0 Å². The lowest BCUT2D eigenvalue weighted by atomic mass is 9.91. The molecule has 2 unspecified atom stereocenters. The van der Waals surface area contributed by atoms with Crippen LogP contribution >= 0.6 is 0 Å². The Hall–Kier alpha value is -0.610. The normalized spacial score (nSPS) is 14.5. The van der Waals surface area contributed by atoms with Crippen molar-refractivity contribution in [3.63, 3.8) is 0 Å². The Morgan fingerprint density at radius 2 is 1.65 bits per heavy atom. The van der Waals surface area contributed by atoms with Crippen LogP contribution in [0.4, 0.5) is 0 Å². The highest BCUT2D eigenvalue weighted by Gasteiger charge is 2.13. The first-order chi connectivity index (χ1) is 8.10. The maximum atomic E-state index is 10.6. The van der Waals surface area contributed by atoms with Gasteiger partial charge in [-0.25, -0.2) is 0 Å². The Balaban J connectivity index is 3.69. The van der Waals surface area contributed by atoms with E-state index in [4.69, 9.17) is 15.3 Å². The molecular weight excluding hydrogens is 220 g/mol. The average Bonchev–Trinajstić information content (AvgIpc) is 2.25. The van der Waals surface area contributed by atoms with E-state index in [1.165, 1.54) is 0 Å². The molecule has 0 rings (SSSR count). The van der Waals surface area contributed by atoms with E-state index in [0.717, 1.165) is 32.1 Å². The molecule has 0 heterocycles. The summed E-state index contributed by atoms with van der Waals surface area (Å²) in [6.07, 6.45) is 5.56. The molecule has 0 aliphatic heterocycles. The van der Waals surface area contributed by atoms with Crippen LogP contribution in [0.25, 0.3) is 0 Å². The van der Waals surface area contributed by atoms with Gasteiger partial charge in [-0.3, -0.25) is 4.79 Å². The Morgan fingerprint density at radius 1 is 1.00 bits per heavy atom. The van der Waals surface area contributed by atoms with Gasteiger partial charge in [-0.05, 0) is 37.5 Å². The van der Waals surface area contributed by atoms with Gasteiger partial charge in [-0.15, -0.1) is 0 Å². The minimum atomic E-state index is -0.781. The second-order valence-electron chi connectivity index (χ2n) is 4.88. The maximum Gasteiger partial charge on any atom is 0.303 e. The molecular formula is C13H26O4. The highest BCUT2D eigenvalue weighted by Crippen LogP contribution is 2.20. The van der Waals surface area contributed by atoms with Crippen molar-refractivity contribution < 1.29 is 20.1 Å². The van der Waals surface area contributed by atoms with Gasteiger partial charge in [-0.2, -0.15) is 0 Å². The van der Waals surface area contributed by atoms with Crippen LogP contribution in [0.1, 0.15) is 51.9 Å². The van der Waals surface area contributed by atoms with Crippen molar-refractivity contribution in [2.24, 2.45) is 11.8 Å². The second kappa shape index (κ2) is 10.5. The van der Waals surface area contributed by atoms with Gasteiger partial charge >= 0.3 is 5.97 Å². The lowest BCUT2D eigenvalue weighted by Gasteiger charge is -2.15. The summed E-state index contributed by atoms with van der Waals surface area (Å²) in [6.45, 7) is 2.47. The molecule has 0 aromatic heterocycles. The van der Waals surface area contributed by atoms with Crippen LogP contribution in [0.3, 0.4) is 0 Å². The van der Waals surface area contributed by atoms with Crippen LogP contribution < -0.4 is 0 Å². The zero-order chi connectivity index (χ0) is 13.1. The maximum absolute atomic E-state index is 10.6. The smallest absolute Gasteiger partial charge is 0.303 e. The molecule has 4 nitrogen and oxygen atoms in total. The monoisotopic (exact) mass is 246 g/mol. The van der Waals surface area contributed by atoms with Gasteiger partial charge in [0, 0.05) is 19.6 Å². The summed E-state index contributed by atoms with van der Waals surface area (Å²) < 4.78 is 0. The third-order valence-corrected chi connectivity index (χ3v) is 3.16. The van der Waals surface area contributed by atoms with E-state index in [-0.39, 0.29) is 25.6 Å². The van der Waals surface area contributed by atoms with Crippen molar-refractivity contribution in [2.45, 2.75) is 51.9 Å². The third-order valence-electron chi connectivity index (χ3n) is 3.16. The first kappa shape index (κ1) is 16.4. The molecule has 0 spiro atoms. The van der Waals surface area contributed by atoms with Crippen molar-refractivity contribution in [3.05, 3.63) is 0 Å². The van der Waals surface area contributed by atoms with E-state index < -0.39 is 5.97 Å². The van der Waals surface area contributed by atoms with Gasteiger partial charge < -0.3 is 15.3 Å². The second-order valence-corrected chi connectivity index (χ2v) is 4.88. The minimum absolute atomic E-state index is 0.0675. The van der Waals surface area contributed by atoms with Crippen LogP contribution in [-0.2, 0) is 4.79 Å². The van der Waals surface area contributed by atoms with Crippen molar-refractivity contribution in [1.82, 2.24) is 0 Å². The largest absolute Gasteiger partial charge is 0.481 e. The lowest BCUT2D eigenvalue weighted by molar-refractivity contribution is -0.138. The fraction of sp³-hybridized carbons (Fsp3) is 0.923. The van der Waals surface area contributed by atoms with E-state index in [1.54, 1.807) is 0 Å². The number of rotatable bonds is 11. The molecule has 4 heteroatoms. The Kier molecular flexibility index (Phi) is 10.2. The number of carbonyl (C=O) groups is 1. The van der Waals surface area contributed by atoms with Crippen LogP contribution in [-0.4, -0.2) is 34.5 Å². The molecule has 0 radical (unpaired) electrons. The predicted molar refractivity (Wildman–Crippen MR) is 66.8 cm³/mol. The summed E-state index contributed by atoms with van der Waals surface area (Å²) in [5.74, 6) is -0.0962. The molecule has 3 N–H and O–H groups in total. The highest BCUT2D eigenvalue weighted by atomic mass is 16.4. The number of carboxylic acids is 1. The van der Waals surface area contributed by atoms with E-state index in [9.17, 15) is 4.79 Å². The van der Waals surface area contributed by atoms with Gasteiger partial charge in [0.25, 0.3) is 0 Å². The van der Waals surface area contributed by atoms with E-state index >= 15 is 0 Å². The van der Waals surface area contributed by atoms with Gasteiger partial charge in [0.05, 0.1) is 0 Å². The average molecular weight is 246 g/mol. The Morgan fingerprint density at radius 3 is 2.18 bits per heavy atom. The van der Waals surface area contributed by atoms with Crippen molar-refractivity contribution in [3.8, 4) is 0 Å². The first-order valence-electron chi connectivity index (χ1n) is 6.53. The molecule has 0 aromatic carbocycles. The molecule has 2 atom stereocenters. The van der Waals surface area contributed by atoms with E-state index in [1.807, 2.05) is 0 Å². The number of hydrogen-bond donors (Lipinski definition) is 3. The predicted octanol–water partition coefficient (Wildman–Crippen LogP) is 2.04. The fourth-order valence-corrected chi connectivity index (χ4v) is 2.12. The zero-order valence-corrected chi connectivity index (χ0v) is 10.8. The summed E-state index contributed by atoms with van der Waals surface area (Å²) in [7, 11) is 0. The summed E-state index contributed by atoms with van der Waals surface area (Å²) in [5.41, 5.74) is 0. The molecule has 0 aromatic rings. The molecule has 0 bridgehead atoms. The van der Waals surface area contributed by atoms with E-state index in [2.05, 4.69) is 6.92 Å². The molecule has 0 amide bonds. The van der Waals surface area contributed by atoms with Crippen LogP contribution in [0, 0.1) is 11.8 Å². The van der Waals surface area contributed by atoms with Crippen molar-refractivity contribution in [1.29, 1.82) is 0 Å². The van der Waals surface area contributed by atoms with Crippen LogP contribution in [0.15, 0.2) is 0 Å². The lowest BCUT2D eigenvalue weighted by Crippen LogP contribution is -2.10. The first-order valence-corrected chi connectivity index (χ1v) is 6.53. The summed E-state index contributed by atoms with van der Waals surface area (Å²) >= 11 is 0. The quantitative estimate of drug-likeness (QED) is 0.521. The zero-order valence-electron chi connectivity index (χ0n) is 10.8.